The van der Waals surface area contributed by atoms with Crippen molar-refractivity contribution in [2.75, 3.05) is 0 Å². The number of aromatic nitrogens is 2. The van der Waals surface area contributed by atoms with Crippen LogP contribution in [0.2, 0.25) is 0 Å². The molecule has 0 bridgehead atoms. The van der Waals surface area contributed by atoms with Gasteiger partial charge >= 0.3 is 6.03 Å². The van der Waals surface area contributed by atoms with Gasteiger partial charge in [0.25, 0.3) is 0 Å². The van der Waals surface area contributed by atoms with Crippen LogP contribution in [0.5, 0.6) is 0 Å². The molecule has 0 saturated heterocycles. The minimum Gasteiger partial charge on any atom is -0.334 e. The van der Waals surface area contributed by atoms with Crippen molar-refractivity contribution in [2.45, 2.75) is 19.5 Å². The lowest BCUT2D eigenvalue weighted by molar-refractivity contribution is 0.237. The van der Waals surface area contributed by atoms with Crippen LogP contribution in [0.15, 0.2) is 59.6 Å². The van der Waals surface area contributed by atoms with Crippen LogP contribution in [0.25, 0.3) is 5.69 Å². The molecule has 0 saturated carbocycles. The standard InChI is InChI=1S/C17H18N4OS/c1-13(20-17(22)18-11-14-7-10-23-12-14)15-3-5-16(6-4-15)21-9-2-8-19-21/h2-10,12-13H,11H2,1H3,(H2,18,20,22)/t13-/m0/s1. The van der Waals surface area contributed by atoms with Crippen LogP contribution in [-0.2, 0) is 6.54 Å². The van der Waals surface area contributed by atoms with Crippen molar-refractivity contribution in [3.8, 4) is 5.69 Å². The van der Waals surface area contributed by atoms with Gasteiger partial charge in [-0.1, -0.05) is 12.1 Å². The first-order valence-electron chi connectivity index (χ1n) is 7.38. The molecule has 0 aliphatic carbocycles. The highest BCUT2D eigenvalue weighted by atomic mass is 32.1. The second-order valence-electron chi connectivity index (χ2n) is 5.22. The SMILES string of the molecule is C[C@H](NC(=O)NCc1ccsc1)c1ccc(-n2cccn2)cc1. The van der Waals surface area contributed by atoms with E-state index in [1.807, 2.05) is 60.3 Å². The number of nitrogens with zero attached hydrogens (tertiary/aromatic N) is 2. The third-order valence-corrected chi connectivity index (χ3v) is 4.27. The Bertz CT molecular complexity index is 736. The zero-order valence-electron chi connectivity index (χ0n) is 12.8. The molecule has 2 amide bonds. The van der Waals surface area contributed by atoms with Crippen LogP contribution in [-0.4, -0.2) is 15.8 Å². The van der Waals surface area contributed by atoms with Gasteiger partial charge in [0.2, 0.25) is 0 Å². The summed E-state index contributed by atoms with van der Waals surface area (Å²) in [6.07, 6.45) is 3.64. The minimum atomic E-state index is -0.167. The average Bonchev–Trinajstić information content (AvgIpc) is 3.26. The van der Waals surface area contributed by atoms with E-state index >= 15 is 0 Å². The zero-order valence-corrected chi connectivity index (χ0v) is 13.6. The van der Waals surface area contributed by atoms with E-state index in [4.69, 9.17) is 0 Å². The summed E-state index contributed by atoms with van der Waals surface area (Å²) in [5, 5.41) is 14.0. The number of carbonyl (C=O) groups excluding carboxylic acids is 1. The number of thiophene rings is 1. The second kappa shape index (κ2) is 7.11. The minimum absolute atomic E-state index is 0.0656. The highest BCUT2D eigenvalue weighted by Gasteiger charge is 2.09. The molecule has 0 aliphatic heterocycles. The molecule has 0 aliphatic rings. The van der Waals surface area contributed by atoms with Crippen LogP contribution in [0.1, 0.15) is 24.1 Å². The van der Waals surface area contributed by atoms with Gasteiger partial charge in [-0.3, -0.25) is 0 Å². The molecule has 0 unspecified atom stereocenters. The molecule has 3 aromatic rings. The van der Waals surface area contributed by atoms with Crippen LogP contribution < -0.4 is 10.6 Å². The third-order valence-electron chi connectivity index (χ3n) is 3.54. The molecule has 6 heteroatoms. The summed E-state index contributed by atoms with van der Waals surface area (Å²) in [6.45, 7) is 2.51. The predicted octanol–water partition coefficient (Wildman–Crippen LogP) is 3.49. The van der Waals surface area contributed by atoms with Gasteiger partial charge in [-0.05, 0) is 53.1 Å². The number of benzene rings is 1. The van der Waals surface area contributed by atoms with Crippen LogP contribution >= 0.6 is 11.3 Å². The Labute approximate surface area is 139 Å². The first kappa shape index (κ1) is 15.3. The molecule has 0 fully saturated rings. The molecule has 2 N–H and O–H groups in total. The number of hydrogen-bond donors (Lipinski definition) is 2. The van der Waals surface area contributed by atoms with Gasteiger partial charge in [-0.25, -0.2) is 9.48 Å². The van der Waals surface area contributed by atoms with Crippen LogP contribution in [0.4, 0.5) is 4.79 Å². The summed E-state index contributed by atoms with van der Waals surface area (Å²) in [4.78, 5) is 11.9. The molecule has 5 nitrogen and oxygen atoms in total. The Hall–Kier alpha value is -2.60. The first-order chi connectivity index (χ1) is 11.2. The second-order valence-corrected chi connectivity index (χ2v) is 6.00. The van der Waals surface area contributed by atoms with Crippen molar-refractivity contribution in [3.63, 3.8) is 0 Å². The van der Waals surface area contributed by atoms with Gasteiger partial charge in [0, 0.05) is 18.9 Å². The van der Waals surface area contributed by atoms with E-state index in [9.17, 15) is 4.79 Å². The fourth-order valence-corrected chi connectivity index (χ4v) is 2.91. The summed E-state index contributed by atoms with van der Waals surface area (Å²) in [5.74, 6) is 0. The average molecular weight is 326 g/mol. The van der Waals surface area contributed by atoms with Crippen molar-refractivity contribution >= 4 is 17.4 Å². The number of urea groups is 1. The van der Waals surface area contributed by atoms with Crippen LogP contribution in [0.3, 0.4) is 0 Å². The lowest BCUT2D eigenvalue weighted by Crippen LogP contribution is -2.36. The highest BCUT2D eigenvalue weighted by Crippen LogP contribution is 2.15. The molecule has 1 aromatic carbocycles. The van der Waals surface area contributed by atoms with E-state index < -0.39 is 0 Å². The number of nitrogens with one attached hydrogen (secondary N) is 2. The number of rotatable bonds is 5. The molecule has 3 rings (SSSR count). The van der Waals surface area contributed by atoms with Gasteiger partial charge in [0.1, 0.15) is 0 Å². The summed E-state index contributed by atoms with van der Waals surface area (Å²) in [7, 11) is 0. The lowest BCUT2D eigenvalue weighted by Gasteiger charge is -2.15. The molecule has 2 aromatic heterocycles. The third kappa shape index (κ3) is 3.98. The van der Waals surface area contributed by atoms with Gasteiger partial charge in [0.15, 0.2) is 0 Å². The summed E-state index contributed by atoms with van der Waals surface area (Å²) < 4.78 is 1.80. The Morgan fingerprint density at radius 2 is 2.13 bits per heavy atom. The molecule has 0 radical (unpaired) electrons. The number of carbonyl (C=O) groups is 1. The van der Waals surface area contributed by atoms with Crippen molar-refractivity contribution < 1.29 is 4.79 Å². The maximum Gasteiger partial charge on any atom is 0.315 e. The Morgan fingerprint density at radius 1 is 1.30 bits per heavy atom. The molecular weight excluding hydrogens is 308 g/mol. The fraction of sp³-hybridized carbons (Fsp3) is 0.176. The largest absolute Gasteiger partial charge is 0.334 e. The summed E-state index contributed by atoms with van der Waals surface area (Å²) >= 11 is 1.62. The summed E-state index contributed by atoms with van der Waals surface area (Å²) in [5.41, 5.74) is 3.15. The van der Waals surface area contributed by atoms with Gasteiger partial charge in [-0.15, -0.1) is 0 Å². The smallest absolute Gasteiger partial charge is 0.315 e. The molecule has 1 atom stereocenters. The van der Waals surface area contributed by atoms with Crippen molar-refractivity contribution in [1.29, 1.82) is 0 Å². The molecule has 0 spiro atoms. The van der Waals surface area contributed by atoms with E-state index in [0.29, 0.717) is 6.54 Å². The quantitative estimate of drug-likeness (QED) is 0.754. The molecular formula is C17H18N4OS. The number of amides is 2. The van der Waals surface area contributed by atoms with E-state index in [1.54, 1.807) is 22.2 Å². The topological polar surface area (TPSA) is 59.0 Å². The Balaban J connectivity index is 1.55. The Morgan fingerprint density at radius 3 is 2.78 bits per heavy atom. The van der Waals surface area contributed by atoms with Gasteiger partial charge in [-0.2, -0.15) is 16.4 Å². The number of hydrogen-bond acceptors (Lipinski definition) is 3. The summed E-state index contributed by atoms with van der Waals surface area (Å²) in [6, 6.07) is 11.6. The van der Waals surface area contributed by atoms with Crippen molar-refractivity contribution in [3.05, 3.63) is 70.7 Å². The van der Waals surface area contributed by atoms with Crippen molar-refractivity contribution in [2.24, 2.45) is 0 Å². The maximum absolute atomic E-state index is 11.9. The van der Waals surface area contributed by atoms with E-state index in [2.05, 4.69) is 15.7 Å². The monoisotopic (exact) mass is 326 g/mol. The normalized spacial score (nSPS) is 11.9. The highest BCUT2D eigenvalue weighted by molar-refractivity contribution is 7.07. The van der Waals surface area contributed by atoms with Crippen molar-refractivity contribution in [1.82, 2.24) is 20.4 Å². The lowest BCUT2D eigenvalue weighted by atomic mass is 10.1. The molecule has 118 valence electrons. The molecule has 2 heterocycles. The predicted molar refractivity (Wildman–Crippen MR) is 91.7 cm³/mol. The zero-order chi connectivity index (χ0) is 16.1. The fourth-order valence-electron chi connectivity index (χ4n) is 2.24. The molecule has 23 heavy (non-hydrogen) atoms. The first-order valence-corrected chi connectivity index (χ1v) is 8.32. The van der Waals surface area contributed by atoms with E-state index in [1.165, 1.54) is 0 Å². The van der Waals surface area contributed by atoms with Gasteiger partial charge < -0.3 is 10.6 Å². The van der Waals surface area contributed by atoms with E-state index in [-0.39, 0.29) is 12.1 Å². The van der Waals surface area contributed by atoms with Crippen LogP contribution in [0, 0.1) is 0 Å². The van der Waals surface area contributed by atoms with E-state index in [0.717, 1.165) is 16.8 Å². The maximum atomic E-state index is 11.9. The Kier molecular flexibility index (Phi) is 4.73. The van der Waals surface area contributed by atoms with Gasteiger partial charge in [0.05, 0.1) is 11.7 Å².